The lowest BCUT2D eigenvalue weighted by atomic mass is 10.3. The largest absolute Gasteiger partial charge is 0.491 e. The molecule has 0 amide bonds. The zero-order valence-electron chi connectivity index (χ0n) is 10.5. The van der Waals surface area contributed by atoms with Crippen LogP contribution in [0.5, 0.6) is 5.75 Å². The molecule has 0 saturated heterocycles. The molecule has 1 aromatic carbocycles. The molecule has 0 bridgehead atoms. The number of rotatable bonds is 9. The maximum Gasteiger partial charge on any atom is 0.203 e. The lowest BCUT2D eigenvalue weighted by Gasteiger charge is -2.14. The van der Waals surface area contributed by atoms with E-state index in [1.54, 1.807) is 0 Å². The van der Waals surface area contributed by atoms with Crippen molar-refractivity contribution >= 4 is 0 Å². The summed E-state index contributed by atoms with van der Waals surface area (Å²) in [6.07, 6.45) is -0.730. The Hall–Kier alpha value is -1.72. The highest BCUT2D eigenvalue weighted by Gasteiger charge is 2.06. The van der Waals surface area contributed by atoms with Gasteiger partial charge in [-0.15, -0.1) is 0 Å². The van der Waals surface area contributed by atoms with Gasteiger partial charge in [-0.05, 0) is 25.6 Å². The standard InChI is InChI=1S/C13H19NO4/c1-3-16-11(2)14-18-10-12(15)9-17-13-7-5-4-6-8-13/h4-8,12,14-15H,2-3,9-10H2,1H3. The highest BCUT2D eigenvalue weighted by molar-refractivity contribution is 5.20. The smallest absolute Gasteiger partial charge is 0.203 e. The van der Waals surface area contributed by atoms with Crippen LogP contribution in [0.1, 0.15) is 6.92 Å². The van der Waals surface area contributed by atoms with Gasteiger partial charge in [0.2, 0.25) is 5.88 Å². The number of hydroxylamine groups is 1. The van der Waals surface area contributed by atoms with Crippen molar-refractivity contribution in [3.05, 3.63) is 42.8 Å². The summed E-state index contributed by atoms with van der Waals surface area (Å²) in [4.78, 5) is 4.99. The third-order valence-electron chi connectivity index (χ3n) is 1.97. The third-order valence-corrected chi connectivity index (χ3v) is 1.97. The summed E-state index contributed by atoms with van der Waals surface area (Å²) in [6.45, 7) is 6.16. The Labute approximate surface area is 107 Å². The highest BCUT2D eigenvalue weighted by atomic mass is 16.7. The van der Waals surface area contributed by atoms with Crippen molar-refractivity contribution in [1.29, 1.82) is 0 Å². The molecule has 0 aliphatic rings. The lowest BCUT2D eigenvalue weighted by Crippen LogP contribution is -2.28. The van der Waals surface area contributed by atoms with E-state index in [0.29, 0.717) is 18.2 Å². The first-order chi connectivity index (χ1) is 8.72. The zero-order valence-corrected chi connectivity index (χ0v) is 10.5. The van der Waals surface area contributed by atoms with E-state index in [1.807, 2.05) is 37.3 Å². The van der Waals surface area contributed by atoms with Crippen molar-refractivity contribution in [3.8, 4) is 5.75 Å². The maximum atomic E-state index is 9.59. The maximum absolute atomic E-state index is 9.59. The van der Waals surface area contributed by atoms with E-state index in [2.05, 4.69) is 12.1 Å². The van der Waals surface area contributed by atoms with Gasteiger partial charge < -0.3 is 14.6 Å². The normalized spacial score (nSPS) is 11.7. The van der Waals surface area contributed by atoms with Crippen molar-refractivity contribution in [2.75, 3.05) is 19.8 Å². The van der Waals surface area contributed by atoms with Crippen molar-refractivity contribution in [2.45, 2.75) is 13.0 Å². The molecule has 1 rings (SSSR count). The topological polar surface area (TPSA) is 60.0 Å². The fourth-order valence-electron chi connectivity index (χ4n) is 1.18. The number of para-hydroxylation sites is 1. The second-order valence-electron chi connectivity index (χ2n) is 3.55. The quantitative estimate of drug-likeness (QED) is 0.515. The minimum atomic E-state index is -0.730. The fourth-order valence-corrected chi connectivity index (χ4v) is 1.18. The minimum Gasteiger partial charge on any atom is -0.491 e. The molecule has 18 heavy (non-hydrogen) atoms. The first-order valence-electron chi connectivity index (χ1n) is 5.77. The molecule has 1 aromatic rings. The zero-order chi connectivity index (χ0) is 13.2. The van der Waals surface area contributed by atoms with Gasteiger partial charge >= 0.3 is 0 Å². The number of aliphatic hydroxyl groups is 1. The van der Waals surface area contributed by atoms with E-state index in [4.69, 9.17) is 14.3 Å². The summed E-state index contributed by atoms with van der Waals surface area (Å²) < 4.78 is 10.4. The number of nitrogens with one attached hydrogen (secondary N) is 1. The predicted octanol–water partition coefficient (Wildman–Crippen LogP) is 1.46. The van der Waals surface area contributed by atoms with E-state index in [-0.39, 0.29) is 13.2 Å². The second kappa shape index (κ2) is 8.38. The number of ether oxygens (including phenoxy) is 2. The van der Waals surface area contributed by atoms with Gasteiger partial charge in [0.25, 0.3) is 0 Å². The Kier molecular flexibility index (Phi) is 6.68. The molecule has 1 unspecified atom stereocenters. The van der Waals surface area contributed by atoms with E-state index in [1.165, 1.54) is 0 Å². The van der Waals surface area contributed by atoms with Crippen LogP contribution in [0.3, 0.4) is 0 Å². The van der Waals surface area contributed by atoms with Crippen molar-refractivity contribution in [2.24, 2.45) is 0 Å². The van der Waals surface area contributed by atoms with Gasteiger partial charge in [-0.1, -0.05) is 18.2 Å². The molecule has 2 N–H and O–H groups in total. The lowest BCUT2D eigenvalue weighted by molar-refractivity contribution is -0.0417. The van der Waals surface area contributed by atoms with Gasteiger partial charge in [0.1, 0.15) is 25.1 Å². The second-order valence-corrected chi connectivity index (χ2v) is 3.55. The molecule has 5 heteroatoms. The SMILES string of the molecule is C=C(NOCC(O)COc1ccccc1)OCC. The van der Waals surface area contributed by atoms with Gasteiger partial charge in [-0.3, -0.25) is 4.84 Å². The molecular weight excluding hydrogens is 234 g/mol. The van der Waals surface area contributed by atoms with Crippen LogP contribution in [0.25, 0.3) is 0 Å². The molecule has 5 nitrogen and oxygen atoms in total. The van der Waals surface area contributed by atoms with Crippen LogP contribution in [-0.2, 0) is 9.57 Å². The molecule has 0 fully saturated rings. The molecule has 0 radical (unpaired) electrons. The van der Waals surface area contributed by atoms with Crippen LogP contribution in [-0.4, -0.2) is 31.0 Å². The average molecular weight is 253 g/mol. The molecule has 0 saturated carbocycles. The molecule has 0 aromatic heterocycles. The predicted molar refractivity (Wildman–Crippen MR) is 67.8 cm³/mol. The Balaban J connectivity index is 2.11. The summed E-state index contributed by atoms with van der Waals surface area (Å²) in [5.41, 5.74) is 2.48. The molecule has 0 heterocycles. The van der Waals surface area contributed by atoms with Crippen LogP contribution < -0.4 is 10.2 Å². The monoisotopic (exact) mass is 253 g/mol. The van der Waals surface area contributed by atoms with Gasteiger partial charge in [-0.25, -0.2) is 5.48 Å². The average Bonchev–Trinajstić information content (AvgIpc) is 2.38. The van der Waals surface area contributed by atoms with Gasteiger partial charge in [0, 0.05) is 0 Å². The summed E-state index contributed by atoms with van der Waals surface area (Å²) in [7, 11) is 0. The molecule has 1 atom stereocenters. The molecule has 0 aliphatic heterocycles. The van der Waals surface area contributed by atoms with Gasteiger partial charge in [0.05, 0.1) is 6.61 Å². The van der Waals surface area contributed by atoms with Gasteiger partial charge in [-0.2, -0.15) is 0 Å². The van der Waals surface area contributed by atoms with E-state index >= 15 is 0 Å². The summed E-state index contributed by atoms with van der Waals surface area (Å²) >= 11 is 0. The fraction of sp³-hybridized carbons (Fsp3) is 0.385. The van der Waals surface area contributed by atoms with Gasteiger partial charge in [0.15, 0.2) is 0 Å². The Morgan fingerprint density at radius 1 is 1.33 bits per heavy atom. The molecule has 0 aliphatic carbocycles. The Morgan fingerprint density at radius 3 is 2.72 bits per heavy atom. The van der Waals surface area contributed by atoms with Crippen molar-refractivity contribution in [1.82, 2.24) is 5.48 Å². The molecule has 0 spiro atoms. The summed E-state index contributed by atoms with van der Waals surface area (Å²) in [5.74, 6) is 1.02. The van der Waals surface area contributed by atoms with Crippen LogP contribution in [0.2, 0.25) is 0 Å². The minimum absolute atomic E-state index is 0.0823. The van der Waals surface area contributed by atoms with Crippen LogP contribution in [0.15, 0.2) is 42.8 Å². The summed E-state index contributed by atoms with van der Waals surface area (Å²) in [6, 6.07) is 9.28. The number of aliphatic hydroxyl groups excluding tert-OH is 1. The number of hydrogen-bond donors (Lipinski definition) is 2. The van der Waals surface area contributed by atoms with E-state index in [0.717, 1.165) is 0 Å². The first-order valence-corrected chi connectivity index (χ1v) is 5.77. The van der Waals surface area contributed by atoms with E-state index < -0.39 is 6.10 Å². The van der Waals surface area contributed by atoms with E-state index in [9.17, 15) is 5.11 Å². The van der Waals surface area contributed by atoms with Crippen LogP contribution in [0, 0.1) is 0 Å². The Morgan fingerprint density at radius 2 is 2.06 bits per heavy atom. The summed E-state index contributed by atoms with van der Waals surface area (Å²) in [5, 5.41) is 9.59. The molecular formula is C13H19NO4. The number of benzene rings is 1. The Bertz CT molecular complexity index is 342. The van der Waals surface area contributed by atoms with Crippen molar-refractivity contribution in [3.63, 3.8) is 0 Å². The van der Waals surface area contributed by atoms with Crippen LogP contribution in [0.4, 0.5) is 0 Å². The van der Waals surface area contributed by atoms with Crippen molar-refractivity contribution < 1.29 is 19.4 Å². The highest BCUT2D eigenvalue weighted by Crippen LogP contribution is 2.08. The number of hydrogen-bond acceptors (Lipinski definition) is 5. The first kappa shape index (κ1) is 14.3. The third kappa shape index (κ3) is 6.12. The van der Waals surface area contributed by atoms with Crippen LogP contribution >= 0.6 is 0 Å². The molecule has 100 valence electrons.